The van der Waals surface area contributed by atoms with Gasteiger partial charge in [0.15, 0.2) is 0 Å². The molecule has 4 rings (SSSR count). The Balaban J connectivity index is 1.32. The summed E-state index contributed by atoms with van der Waals surface area (Å²) in [6.07, 6.45) is 6.00. The Hall–Kier alpha value is -2.67. The minimum atomic E-state index is 0.0360. The summed E-state index contributed by atoms with van der Waals surface area (Å²) in [5.41, 5.74) is 5.24. The quantitative estimate of drug-likeness (QED) is 0.731. The molecule has 0 aliphatic carbocycles. The van der Waals surface area contributed by atoms with E-state index in [0.717, 1.165) is 48.7 Å². The Labute approximate surface area is 152 Å². The number of aromatic nitrogens is 4. The molecule has 136 valence electrons. The van der Waals surface area contributed by atoms with Gasteiger partial charge in [0, 0.05) is 32.1 Å². The third kappa shape index (κ3) is 3.48. The predicted octanol–water partition coefficient (Wildman–Crippen LogP) is 1.58. The Bertz CT molecular complexity index is 902. The molecule has 26 heavy (non-hydrogen) atoms. The zero-order valence-corrected chi connectivity index (χ0v) is 15.0. The molecule has 7 heteroatoms. The largest absolute Gasteiger partial charge is 0.350 e. The fourth-order valence-corrected chi connectivity index (χ4v) is 3.40. The van der Waals surface area contributed by atoms with Gasteiger partial charge in [-0.3, -0.25) is 9.48 Å². The van der Waals surface area contributed by atoms with Crippen LogP contribution in [0.1, 0.15) is 35.5 Å². The van der Waals surface area contributed by atoms with Crippen molar-refractivity contribution in [3.63, 3.8) is 0 Å². The first-order chi connectivity index (χ1) is 12.7. The molecule has 0 aromatic carbocycles. The number of amides is 1. The second kappa shape index (κ2) is 7.29. The van der Waals surface area contributed by atoms with Gasteiger partial charge in [0.05, 0.1) is 29.8 Å². The molecule has 1 aliphatic heterocycles. The summed E-state index contributed by atoms with van der Waals surface area (Å²) in [5, 5.41) is 11.0. The van der Waals surface area contributed by atoms with Crippen LogP contribution in [0.3, 0.4) is 0 Å². The van der Waals surface area contributed by atoms with E-state index < -0.39 is 0 Å². The van der Waals surface area contributed by atoms with E-state index in [1.807, 2.05) is 35.9 Å². The first-order valence-corrected chi connectivity index (χ1v) is 9.15. The summed E-state index contributed by atoms with van der Waals surface area (Å²) in [7, 11) is 0. The molecule has 2 N–H and O–H groups in total. The van der Waals surface area contributed by atoms with Gasteiger partial charge in [-0.25, -0.2) is 4.98 Å². The van der Waals surface area contributed by atoms with E-state index in [-0.39, 0.29) is 5.91 Å². The molecular weight excluding hydrogens is 328 g/mol. The van der Waals surface area contributed by atoms with E-state index >= 15 is 0 Å². The molecule has 0 atom stereocenters. The fraction of sp³-hybridized carbons (Fsp3) is 0.421. The molecule has 0 saturated carbocycles. The number of hydrogen-bond acceptors (Lipinski definition) is 4. The van der Waals surface area contributed by atoms with Crippen LogP contribution in [0.25, 0.3) is 5.65 Å². The molecule has 7 nitrogen and oxygen atoms in total. The van der Waals surface area contributed by atoms with Crippen molar-refractivity contribution < 1.29 is 4.79 Å². The van der Waals surface area contributed by atoms with Gasteiger partial charge in [-0.2, -0.15) is 5.10 Å². The second-order valence-corrected chi connectivity index (χ2v) is 6.79. The molecule has 4 heterocycles. The molecule has 0 radical (unpaired) electrons. The highest BCUT2D eigenvalue weighted by molar-refractivity contribution is 5.76. The highest BCUT2D eigenvalue weighted by Crippen LogP contribution is 2.12. The number of carbonyl (C=O) groups excluding carboxylic acids is 1. The van der Waals surface area contributed by atoms with Gasteiger partial charge < -0.3 is 15.0 Å². The standard InChI is InChI=1S/C19H24N6O/c1-14-4-2-8-24-17(13-22-19(14)24)12-21-18(26)6-5-15-10-16-11-20-7-3-9-25(16)23-15/h2,4,8,10,13,20H,3,5-7,9,11-12H2,1H3,(H,21,26). The summed E-state index contributed by atoms with van der Waals surface area (Å²) < 4.78 is 4.09. The molecule has 3 aromatic rings. The van der Waals surface area contributed by atoms with Gasteiger partial charge in [-0.1, -0.05) is 6.07 Å². The maximum atomic E-state index is 12.2. The van der Waals surface area contributed by atoms with E-state index in [2.05, 4.69) is 31.5 Å². The maximum Gasteiger partial charge on any atom is 0.220 e. The summed E-state index contributed by atoms with van der Waals surface area (Å²) >= 11 is 0. The summed E-state index contributed by atoms with van der Waals surface area (Å²) in [4.78, 5) is 16.7. The van der Waals surface area contributed by atoms with Gasteiger partial charge in [0.2, 0.25) is 5.91 Å². The monoisotopic (exact) mass is 352 g/mol. The Morgan fingerprint density at radius 2 is 2.35 bits per heavy atom. The van der Waals surface area contributed by atoms with E-state index in [1.54, 1.807) is 0 Å². The minimum Gasteiger partial charge on any atom is -0.350 e. The first kappa shape index (κ1) is 16.8. The average Bonchev–Trinajstić information content (AvgIpc) is 3.17. The van der Waals surface area contributed by atoms with Crippen LogP contribution in [0.5, 0.6) is 0 Å². The van der Waals surface area contributed by atoms with Crippen molar-refractivity contribution in [3.05, 3.63) is 53.2 Å². The van der Waals surface area contributed by atoms with Crippen molar-refractivity contribution in [3.8, 4) is 0 Å². The zero-order chi connectivity index (χ0) is 17.9. The fourth-order valence-electron chi connectivity index (χ4n) is 3.40. The molecule has 0 unspecified atom stereocenters. The van der Waals surface area contributed by atoms with Crippen molar-refractivity contribution in [1.29, 1.82) is 0 Å². The lowest BCUT2D eigenvalue weighted by atomic mass is 10.2. The highest BCUT2D eigenvalue weighted by Gasteiger charge is 2.12. The Morgan fingerprint density at radius 3 is 3.27 bits per heavy atom. The van der Waals surface area contributed by atoms with Crippen molar-refractivity contribution in [1.82, 2.24) is 29.8 Å². The van der Waals surface area contributed by atoms with Crippen molar-refractivity contribution in [2.75, 3.05) is 6.54 Å². The van der Waals surface area contributed by atoms with E-state index in [9.17, 15) is 4.79 Å². The molecule has 1 amide bonds. The zero-order valence-electron chi connectivity index (χ0n) is 15.0. The van der Waals surface area contributed by atoms with E-state index in [0.29, 0.717) is 19.4 Å². The van der Waals surface area contributed by atoms with Crippen LogP contribution in [0, 0.1) is 6.92 Å². The van der Waals surface area contributed by atoms with Crippen LogP contribution in [0.15, 0.2) is 30.6 Å². The molecular formula is C19H24N6O. The Kier molecular flexibility index (Phi) is 4.71. The highest BCUT2D eigenvalue weighted by atomic mass is 16.1. The number of pyridine rings is 1. The normalized spacial score (nSPS) is 14.2. The topological polar surface area (TPSA) is 76.2 Å². The number of hydrogen-bond donors (Lipinski definition) is 2. The second-order valence-electron chi connectivity index (χ2n) is 6.79. The molecule has 0 fully saturated rings. The lowest BCUT2D eigenvalue weighted by Gasteiger charge is -2.05. The van der Waals surface area contributed by atoms with E-state index in [4.69, 9.17) is 0 Å². The summed E-state index contributed by atoms with van der Waals surface area (Å²) in [6.45, 7) is 5.35. The summed E-state index contributed by atoms with van der Waals surface area (Å²) in [5.74, 6) is 0.0360. The first-order valence-electron chi connectivity index (χ1n) is 9.15. The van der Waals surface area contributed by atoms with Crippen molar-refractivity contribution >= 4 is 11.6 Å². The number of imidazole rings is 1. The van der Waals surface area contributed by atoms with Crippen LogP contribution >= 0.6 is 0 Å². The van der Waals surface area contributed by atoms with Crippen LogP contribution in [0.2, 0.25) is 0 Å². The molecule has 0 bridgehead atoms. The maximum absolute atomic E-state index is 12.2. The minimum absolute atomic E-state index is 0.0360. The van der Waals surface area contributed by atoms with Crippen LogP contribution in [-0.4, -0.2) is 31.6 Å². The van der Waals surface area contributed by atoms with Crippen LogP contribution in [-0.2, 0) is 30.8 Å². The van der Waals surface area contributed by atoms with Gasteiger partial charge in [-0.15, -0.1) is 0 Å². The SMILES string of the molecule is Cc1cccn2c(CNC(=O)CCc3cc4n(n3)CCCNC4)cnc12. The van der Waals surface area contributed by atoms with Gasteiger partial charge in [0.1, 0.15) is 5.65 Å². The number of nitrogens with one attached hydrogen (secondary N) is 2. The average molecular weight is 352 g/mol. The molecule has 0 saturated heterocycles. The molecule has 3 aromatic heterocycles. The number of nitrogens with zero attached hydrogens (tertiary/aromatic N) is 4. The third-order valence-electron chi connectivity index (χ3n) is 4.83. The number of fused-ring (bicyclic) bond motifs is 2. The van der Waals surface area contributed by atoms with Crippen LogP contribution in [0.4, 0.5) is 0 Å². The van der Waals surface area contributed by atoms with Crippen molar-refractivity contribution in [2.24, 2.45) is 0 Å². The lowest BCUT2D eigenvalue weighted by molar-refractivity contribution is -0.121. The molecule has 0 spiro atoms. The smallest absolute Gasteiger partial charge is 0.220 e. The lowest BCUT2D eigenvalue weighted by Crippen LogP contribution is -2.23. The number of carbonyl (C=O) groups is 1. The van der Waals surface area contributed by atoms with E-state index in [1.165, 1.54) is 5.69 Å². The Morgan fingerprint density at radius 1 is 1.42 bits per heavy atom. The number of aryl methyl sites for hydroxylation is 3. The third-order valence-corrected chi connectivity index (χ3v) is 4.83. The predicted molar refractivity (Wildman–Crippen MR) is 98.6 cm³/mol. The van der Waals surface area contributed by atoms with Gasteiger partial charge >= 0.3 is 0 Å². The van der Waals surface area contributed by atoms with Crippen LogP contribution < -0.4 is 10.6 Å². The number of rotatable bonds is 5. The van der Waals surface area contributed by atoms with Gasteiger partial charge in [-0.05, 0) is 37.6 Å². The van der Waals surface area contributed by atoms with Gasteiger partial charge in [0.25, 0.3) is 0 Å². The molecule has 1 aliphatic rings. The van der Waals surface area contributed by atoms with Crippen molar-refractivity contribution in [2.45, 2.75) is 45.8 Å². The summed E-state index contributed by atoms with van der Waals surface area (Å²) in [6, 6.07) is 6.14.